The van der Waals surface area contributed by atoms with Crippen LogP contribution in [-0.2, 0) is 11.2 Å². The van der Waals surface area contributed by atoms with Gasteiger partial charge in [-0.3, -0.25) is 4.79 Å². The first-order valence-corrected chi connectivity index (χ1v) is 7.64. The largest absolute Gasteiger partial charge is 0.493 e. The predicted octanol–water partition coefficient (Wildman–Crippen LogP) is 2.88. The molecule has 0 saturated heterocycles. The molecule has 1 atom stereocenters. The SMILES string of the molecule is COc1ccccc1OC[C@H](C)NC(=O)Cc1cccs1. The minimum atomic E-state index is -0.0672. The van der Waals surface area contributed by atoms with Crippen molar-refractivity contribution < 1.29 is 14.3 Å². The topological polar surface area (TPSA) is 47.6 Å². The minimum Gasteiger partial charge on any atom is -0.493 e. The molecule has 1 heterocycles. The molecule has 1 N–H and O–H groups in total. The van der Waals surface area contributed by atoms with Gasteiger partial charge in [-0.05, 0) is 30.5 Å². The van der Waals surface area contributed by atoms with E-state index in [2.05, 4.69) is 5.32 Å². The molecule has 21 heavy (non-hydrogen) atoms. The van der Waals surface area contributed by atoms with Gasteiger partial charge in [0.25, 0.3) is 0 Å². The Hall–Kier alpha value is -2.01. The molecule has 0 aliphatic rings. The second-order valence-electron chi connectivity index (χ2n) is 4.69. The van der Waals surface area contributed by atoms with Crippen LogP contribution in [0.15, 0.2) is 41.8 Å². The van der Waals surface area contributed by atoms with Gasteiger partial charge in [0.2, 0.25) is 5.91 Å². The molecule has 0 bridgehead atoms. The zero-order valence-electron chi connectivity index (χ0n) is 12.2. The van der Waals surface area contributed by atoms with E-state index in [0.29, 0.717) is 24.5 Å². The number of nitrogens with one attached hydrogen (secondary N) is 1. The number of thiophene rings is 1. The van der Waals surface area contributed by atoms with Gasteiger partial charge in [-0.15, -0.1) is 11.3 Å². The Balaban J connectivity index is 1.79. The zero-order valence-corrected chi connectivity index (χ0v) is 13.0. The lowest BCUT2D eigenvalue weighted by Crippen LogP contribution is -2.37. The summed E-state index contributed by atoms with van der Waals surface area (Å²) in [6.07, 6.45) is 0.413. The number of ether oxygens (including phenoxy) is 2. The zero-order chi connectivity index (χ0) is 15.1. The van der Waals surface area contributed by atoms with Crippen LogP contribution in [0.25, 0.3) is 0 Å². The summed E-state index contributed by atoms with van der Waals surface area (Å²) < 4.78 is 10.9. The number of rotatable bonds is 7. The van der Waals surface area contributed by atoms with E-state index in [4.69, 9.17) is 9.47 Å². The molecule has 0 aliphatic heterocycles. The number of carbonyl (C=O) groups is 1. The van der Waals surface area contributed by atoms with E-state index in [1.165, 1.54) is 0 Å². The number of hydrogen-bond acceptors (Lipinski definition) is 4. The van der Waals surface area contributed by atoms with Crippen molar-refractivity contribution in [3.63, 3.8) is 0 Å². The van der Waals surface area contributed by atoms with Gasteiger partial charge in [0.05, 0.1) is 19.6 Å². The van der Waals surface area contributed by atoms with E-state index in [1.807, 2.05) is 48.7 Å². The summed E-state index contributed by atoms with van der Waals surface area (Å²) in [6.45, 7) is 2.32. The maximum absolute atomic E-state index is 11.9. The Labute approximate surface area is 128 Å². The van der Waals surface area contributed by atoms with Crippen molar-refractivity contribution in [1.82, 2.24) is 5.32 Å². The molecule has 1 aromatic carbocycles. The molecule has 5 heteroatoms. The summed E-state index contributed by atoms with van der Waals surface area (Å²) >= 11 is 1.58. The molecular weight excluding hydrogens is 286 g/mol. The van der Waals surface area contributed by atoms with Crippen LogP contribution in [-0.4, -0.2) is 25.7 Å². The molecule has 0 spiro atoms. The van der Waals surface area contributed by atoms with E-state index in [9.17, 15) is 4.79 Å². The fourth-order valence-electron chi connectivity index (χ4n) is 1.89. The van der Waals surface area contributed by atoms with Crippen molar-refractivity contribution in [3.05, 3.63) is 46.7 Å². The van der Waals surface area contributed by atoms with Crippen molar-refractivity contribution in [2.45, 2.75) is 19.4 Å². The third kappa shape index (κ3) is 4.79. The van der Waals surface area contributed by atoms with E-state index < -0.39 is 0 Å². The molecule has 4 nitrogen and oxygen atoms in total. The first-order valence-electron chi connectivity index (χ1n) is 6.76. The lowest BCUT2D eigenvalue weighted by molar-refractivity contribution is -0.121. The third-order valence-electron chi connectivity index (χ3n) is 2.88. The average molecular weight is 305 g/mol. The normalized spacial score (nSPS) is 11.7. The van der Waals surface area contributed by atoms with Crippen molar-refractivity contribution in [3.8, 4) is 11.5 Å². The lowest BCUT2D eigenvalue weighted by atomic mass is 10.3. The van der Waals surface area contributed by atoms with Crippen molar-refractivity contribution in [2.75, 3.05) is 13.7 Å². The monoisotopic (exact) mass is 305 g/mol. The molecule has 112 valence electrons. The van der Waals surface area contributed by atoms with Crippen LogP contribution >= 0.6 is 11.3 Å². The van der Waals surface area contributed by atoms with Gasteiger partial charge >= 0.3 is 0 Å². The molecule has 0 radical (unpaired) electrons. The van der Waals surface area contributed by atoms with Gasteiger partial charge in [-0.25, -0.2) is 0 Å². The Bertz CT molecular complexity index is 569. The Morgan fingerprint density at radius 1 is 1.24 bits per heavy atom. The van der Waals surface area contributed by atoms with Crippen LogP contribution in [0, 0.1) is 0 Å². The second kappa shape index (κ2) is 7.69. The first kappa shape index (κ1) is 15.4. The molecule has 1 amide bonds. The summed E-state index contributed by atoms with van der Waals surface area (Å²) in [4.78, 5) is 12.9. The number of hydrogen-bond donors (Lipinski definition) is 1. The maximum Gasteiger partial charge on any atom is 0.225 e. The summed E-state index contributed by atoms with van der Waals surface area (Å²) in [5.41, 5.74) is 0. The standard InChI is InChI=1S/C16H19NO3S/c1-12(17-16(18)10-13-6-5-9-21-13)11-20-15-8-4-3-7-14(15)19-2/h3-9,12H,10-11H2,1-2H3,(H,17,18)/t12-/m0/s1. The van der Waals surface area contributed by atoms with Crippen LogP contribution in [0.4, 0.5) is 0 Å². The average Bonchev–Trinajstić information content (AvgIpc) is 2.98. The highest BCUT2D eigenvalue weighted by Gasteiger charge is 2.10. The third-order valence-corrected chi connectivity index (χ3v) is 3.76. The smallest absolute Gasteiger partial charge is 0.225 e. The van der Waals surface area contributed by atoms with Gasteiger partial charge in [0.1, 0.15) is 6.61 Å². The Morgan fingerprint density at radius 3 is 2.67 bits per heavy atom. The molecule has 1 aromatic heterocycles. The Morgan fingerprint density at radius 2 is 2.00 bits per heavy atom. The molecular formula is C16H19NO3S. The molecule has 0 aliphatic carbocycles. The fourth-order valence-corrected chi connectivity index (χ4v) is 2.60. The quantitative estimate of drug-likeness (QED) is 0.855. The highest BCUT2D eigenvalue weighted by atomic mass is 32.1. The van der Waals surface area contributed by atoms with Crippen LogP contribution in [0.3, 0.4) is 0 Å². The van der Waals surface area contributed by atoms with Crippen molar-refractivity contribution in [2.24, 2.45) is 0 Å². The number of para-hydroxylation sites is 2. The molecule has 2 rings (SSSR count). The summed E-state index contributed by atoms with van der Waals surface area (Å²) in [7, 11) is 1.61. The highest BCUT2D eigenvalue weighted by molar-refractivity contribution is 7.10. The van der Waals surface area contributed by atoms with Crippen LogP contribution in [0.2, 0.25) is 0 Å². The van der Waals surface area contributed by atoms with E-state index in [0.717, 1.165) is 4.88 Å². The molecule has 2 aromatic rings. The second-order valence-corrected chi connectivity index (χ2v) is 5.72. The number of methoxy groups -OCH3 is 1. The van der Waals surface area contributed by atoms with Crippen LogP contribution in [0.5, 0.6) is 11.5 Å². The van der Waals surface area contributed by atoms with Gasteiger partial charge < -0.3 is 14.8 Å². The van der Waals surface area contributed by atoms with Crippen molar-refractivity contribution >= 4 is 17.2 Å². The summed E-state index contributed by atoms with van der Waals surface area (Å²) in [5, 5.41) is 4.90. The summed E-state index contributed by atoms with van der Waals surface area (Å²) in [6, 6.07) is 11.3. The minimum absolute atomic E-state index is 0.00794. The molecule has 0 fully saturated rings. The molecule has 0 saturated carbocycles. The highest BCUT2D eigenvalue weighted by Crippen LogP contribution is 2.25. The van der Waals surface area contributed by atoms with Crippen LogP contribution < -0.4 is 14.8 Å². The van der Waals surface area contributed by atoms with Crippen LogP contribution in [0.1, 0.15) is 11.8 Å². The first-order chi connectivity index (χ1) is 10.2. The fraction of sp³-hybridized carbons (Fsp3) is 0.312. The Kier molecular flexibility index (Phi) is 5.63. The number of amides is 1. The van der Waals surface area contributed by atoms with Gasteiger partial charge in [-0.1, -0.05) is 18.2 Å². The molecule has 0 unspecified atom stereocenters. The van der Waals surface area contributed by atoms with Gasteiger partial charge in [0, 0.05) is 4.88 Å². The van der Waals surface area contributed by atoms with Crippen molar-refractivity contribution in [1.29, 1.82) is 0 Å². The predicted molar refractivity (Wildman–Crippen MR) is 84.1 cm³/mol. The van der Waals surface area contributed by atoms with Gasteiger partial charge in [-0.2, -0.15) is 0 Å². The van der Waals surface area contributed by atoms with E-state index >= 15 is 0 Å². The summed E-state index contributed by atoms with van der Waals surface area (Å²) in [5.74, 6) is 1.38. The van der Waals surface area contributed by atoms with E-state index in [-0.39, 0.29) is 11.9 Å². The number of carbonyl (C=O) groups excluding carboxylic acids is 1. The van der Waals surface area contributed by atoms with Gasteiger partial charge in [0.15, 0.2) is 11.5 Å². The number of benzene rings is 1. The maximum atomic E-state index is 11.9. The lowest BCUT2D eigenvalue weighted by Gasteiger charge is -2.16. The van der Waals surface area contributed by atoms with E-state index in [1.54, 1.807) is 18.4 Å².